The molecular formula is C22H13F9. The third-order valence-electron chi connectivity index (χ3n) is 4.71. The van der Waals surface area contributed by atoms with Gasteiger partial charge in [-0.2, -0.15) is 39.5 Å². The molecule has 0 aliphatic rings. The zero-order valence-electron chi connectivity index (χ0n) is 15.4. The van der Waals surface area contributed by atoms with Crippen molar-refractivity contribution < 1.29 is 39.5 Å². The molecule has 164 valence electrons. The highest BCUT2D eigenvalue weighted by atomic mass is 19.4. The fourth-order valence-corrected chi connectivity index (χ4v) is 3.17. The maximum absolute atomic E-state index is 12.9. The first kappa shape index (κ1) is 22.7. The topological polar surface area (TPSA) is 0 Å². The van der Waals surface area contributed by atoms with Gasteiger partial charge >= 0.3 is 18.5 Å². The van der Waals surface area contributed by atoms with E-state index in [0.717, 1.165) is 72.8 Å². The molecule has 3 rings (SSSR count). The van der Waals surface area contributed by atoms with Crippen LogP contribution in [0.4, 0.5) is 39.5 Å². The first-order chi connectivity index (χ1) is 14.3. The zero-order chi connectivity index (χ0) is 23.0. The lowest BCUT2D eigenvalue weighted by molar-refractivity contribution is -0.138. The molecule has 31 heavy (non-hydrogen) atoms. The summed E-state index contributed by atoms with van der Waals surface area (Å²) in [6, 6.07) is 11.8. The summed E-state index contributed by atoms with van der Waals surface area (Å²) in [5.74, 6) is -0.869. The predicted octanol–water partition coefficient (Wildman–Crippen LogP) is 7.92. The predicted molar refractivity (Wildman–Crippen MR) is 95.3 cm³/mol. The smallest absolute Gasteiger partial charge is 0.166 e. The normalized spacial score (nSPS) is 13.0. The Labute approximate surface area is 170 Å². The Morgan fingerprint density at radius 1 is 0.355 bits per heavy atom. The van der Waals surface area contributed by atoms with Gasteiger partial charge in [-0.1, -0.05) is 36.4 Å². The fraction of sp³-hybridized carbons (Fsp3) is 0.182. The van der Waals surface area contributed by atoms with Crippen LogP contribution in [0.2, 0.25) is 0 Å². The maximum atomic E-state index is 12.9. The van der Waals surface area contributed by atoms with Crippen LogP contribution in [0.5, 0.6) is 0 Å². The third-order valence-corrected chi connectivity index (χ3v) is 4.71. The molecule has 3 aromatic carbocycles. The largest absolute Gasteiger partial charge is 0.416 e. The van der Waals surface area contributed by atoms with E-state index < -0.39 is 41.1 Å². The van der Waals surface area contributed by atoms with E-state index >= 15 is 0 Å². The van der Waals surface area contributed by atoms with E-state index in [2.05, 4.69) is 0 Å². The van der Waals surface area contributed by atoms with E-state index in [-0.39, 0.29) is 16.7 Å². The lowest BCUT2D eigenvalue weighted by Crippen LogP contribution is -2.09. The second-order valence-electron chi connectivity index (χ2n) is 6.79. The molecule has 9 heteroatoms. The van der Waals surface area contributed by atoms with E-state index in [1.54, 1.807) is 0 Å². The van der Waals surface area contributed by atoms with Gasteiger partial charge in [-0.25, -0.2) is 0 Å². The van der Waals surface area contributed by atoms with Crippen LogP contribution in [0.3, 0.4) is 0 Å². The second-order valence-corrected chi connectivity index (χ2v) is 6.79. The number of alkyl halides is 9. The van der Waals surface area contributed by atoms with Gasteiger partial charge in [0.1, 0.15) is 0 Å². The molecular weight excluding hydrogens is 435 g/mol. The van der Waals surface area contributed by atoms with Crippen LogP contribution in [-0.2, 0) is 18.5 Å². The Balaban J connectivity index is 2.08. The average Bonchev–Trinajstić information content (AvgIpc) is 2.67. The molecule has 0 bridgehead atoms. The van der Waals surface area contributed by atoms with Gasteiger partial charge in [0.15, 0.2) is 0 Å². The molecule has 0 saturated heterocycles. The highest BCUT2D eigenvalue weighted by Gasteiger charge is 2.33. The Bertz CT molecular complexity index is 871. The maximum Gasteiger partial charge on any atom is 0.416 e. The molecule has 0 atom stereocenters. The molecule has 0 amide bonds. The van der Waals surface area contributed by atoms with E-state index in [1.807, 2.05) is 0 Å². The first-order valence-corrected chi connectivity index (χ1v) is 8.78. The lowest BCUT2D eigenvalue weighted by Gasteiger charge is -2.21. The van der Waals surface area contributed by atoms with Crippen LogP contribution < -0.4 is 0 Å². The molecule has 0 N–H and O–H groups in total. The van der Waals surface area contributed by atoms with Gasteiger partial charge in [0.25, 0.3) is 0 Å². The summed E-state index contributed by atoms with van der Waals surface area (Å²) in [4.78, 5) is 0. The summed E-state index contributed by atoms with van der Waals surface area (Å²) in [5, 5.41) is 0. The molecule has 3 aromatic rings. The number of benzene rings is 3. The molecule has 0 nitrogen and oxygen atoms in total. The van der Waals surface area contributed by atoms with Gasteiger partial charge in [0, 0.05) is 5.92 Å². The van der Waals surface area contributed by atoms with Gasteiger partial charge in [0.2, 0.25) is 0 Å². The molecule has 0 aliphatic carbocycles. The van der Waals surface area contributed by atoms with Crippen LogP contribution >= 0.6 is 0 Å². The molecule has 0 radical (unpaired) electrons. The van der Waals surface area contributed by atoms with Crippen molar-refractivity contribution in [3.8, 4) is 0 Å². The van der Waals surface area contributed by atoms with Gasteiger partial charge in [-0.15, -0.1) is 0 Å². The minimum absolute atomic E-state index is 0.285. The second kappa shape index (κ2) is 7.94. The summed E-state index contributed by atoms with van der Waals surface area (Å²) in [6.45, 7) is 0. The average molecular weight is 448 g/mol. The number of hydrogen-bond donors (Lipinski definition) is 0. The first-order valence-electron chi connectivity index (χ1n) is 8.78. The Morgan fingerprint density at radius 2 is 0.548 bits per heavy atom. The summed E-state index contributed by atoms with van der Waals surface area (Å²) < 4.78 is 116. The highest BCUT2D eigenvalue weighted by molar-refractivity contribution is 5.45. The van der Waals surface area contributed by atoms with Crippen LogP contribution in [-0.4, -0.2) is 0 Å². The molecule has 0 aliphatic heterocycles. The summed E-state index contributed by atoms with van der Waals surface area (Å²) >= 11 is 0. The molecule has 0 heterocycles. The molecule has 0 fully saturated rings. The van der Waals surface area contributed by atoms with Gasteiger partial charge < -0.3 is 0 Å². The van der Waals surface area contributed by atoms with Crippen molar-refractivity contribution in [2.75, 3.05) is 0 Å². The molecule has 0 unspecified atom stereocenters. The van der Waals surface area contributed by atoms with Crippen molar-refractivity contribution in [2.24, 2.45) is 0 Å². The fourth-order valence-electron chi connectivity index (χ4n) is 3.17. The Kier molecular flexibility index (Phi) is 5.82. The van der Waals surface area contributed by atoms with E-state index in [1.165, 1.54) is 0 Å². The van der Waals surface area contributed by atoms with Crippen LogP contribution in [0.1, 0.15) is 39.3 Å². The molecule has 0 saturated carbocycles. The molecule has 0 aromatic heterocycles. The summed E-state index contributed by atoms with van der Waals surface area (Å²) in [5.41, 5.74) is -1.91. The quantitative estimate of drug-likeness (QED) is 0.282. The summed E-state index contributed by atoms with van der Waals surface area (Å²) in [7, 11) is 0. The number of halogens is 9. The van der Waals surface area contributed by atoms with Crippen LogP contribution in [0, 0.1) is 0 Å². The SMILES string of the molecule is FC(F)(F)c1ccc(C(c2ccc(C(F)(F)F)cc2)c2ccc(C(F)(F)F)cc2)cc1. The summed E-state index contributed by atoms with van der Waals surface area (Å²) in [6.07, 6.45) is -13.8. The van der Waals surface area contributed by atoms with E-state index in [4.69, 9.17) is 0 Å². The minimum Gasteiger partial charge on any atom is -0.166 e. The van der Waals surface area contributed by atoms with Crippen molar-refractivity contribution in [2.45, 2.75) is 24.4 Å². The van der Waals surface area contributed by atoms with Gasteiger partial charge in [-0.05, 0) is 53.1 Å². The van der Waals surface area contributed by atoms with Crippen molar-refractivity contribution >= 4 is 0 Å². The van der Waals surface area contributed by atoms with Crippen LogP contribution in [0.15, 0.2) is 72.8 Å². The monoisotopic (exact) mass is 448 g/mol. The standard InChI is InChI=1S/C22H13F9/c23-20(24,25)16-7-1-13(2-8-16)19(14-3-9-17(10-4-14)21(26,27)28)15-5-11-18(12-6-15)22(29,30)31/h1-12,19H. The van der Waals surface area contributed by atoms with Gasteiger partial charge in [-0.3, -0.25) is 0 Å². The minimum atomic E-state index is -4.59. The van der Waals surface area contributed by atoms with Crippen molar-refractivity contribution in [1.29, 1.82) is 0 Å². The Morgan fingerprint density at radius 3 is 0.710 bits per heavy atom. The van der Waals surface area contributed by atoms with E-state index in [9.17, 15) is 39.5 Å². The highest BCUT2D eigenvalue weighted by Crippen LogP contribution is 2.38. The van der Waals surface area contributed by atoms with Crippen molar-refractivity contribution in [3.05, 3.63) is 106 Å². The van der Waals surface area contributed by atoms with Crippen LogP contribution in [0.25, 0.3) is 0 Å². The number of rotatable bonds is 3. The third kappa shape index (κ3) is 5.21. The lowest BCUT2D eigenvalue weighted by atomic mass is 9.84. The van der Waals surface area contributed by atoms with E-state index in [0.29, 0.717) is 0 Å². The Hall–Kier alpha value is -2.97. The van der Waals surface area contributed by atoms with Crippen molar-refractivity contribution in [1.82, 2.24) is 0 Å². The van der Waals surface area contributed by atoms with Gasteiger partial charge in [0.05, 0.1) is 16.7 Å². The number of hydrogen-bond acceptors (Lipinski definition) is 0. The zero-order valence-corrected chi connectivity index (χ0v) is 15.4. The molecule has 0 spiro atoms. The van der Waals surface area contributed by atoms with Crippen molar-refractivity contribution in [3.63, 3.8) is 0 Å².